The molecule has 0 saturated carbocycles. The number of aryl methyl sites for hydroxylation is 2. The lowest BCUT2D eigenvalue weighted by molar-refractivity contribution is 0.0473. The SMILES string of the molecule is Cc1cc(C(C)(C)C)cc(C)c1COC(=O)c1c(C)c(-c2ccccc2)nc2ccccc12. The highest BCUT2D eigenvalue weighted by molar-refractivity contribution is 6.06. The average Bonchev–Trinajstić information content (AvgIpc) is 2.77. The van der Waals surface area contributed by atoms with Gasteiger partial charge in [0.1, 0.15) is 6.61 Å². The first-order valence-electron chi connectivity index (χ1n) is 11.4. The molecule has 1 aromatic heterocycles. The first-order valence-corrected chi connectivity index (χ1v) is 11.4. The van der Waals surface area contributed by atoms with E-state index in [9.17, 15) is 4.79 Å². The number of rotatable bonds is 4. The Morgan fingerprint density at radius 3 is 2.12 bits per heavy atom. The van der Waals surface area contributed by atoms with Crippen LogP contribution in [0.25, 0.3) is 22.2 Å². The van der Waals surface area contributed by atoms with Crippen molar-refractivity contribution < 1.29 is 9.53 Å². The topological polar surface area (TPSA) is 39.2 Å². The summed E-state index contributed by atoms with van der Waals surface area (Å²) in [5.41, 5.74) is 8.72. The van der Waals surface area contributed by atoms with Crippen molar-refractivity contribution in [3.8, 4) is 11.3 Å². The molecule has 0 fully saturated rings. The normalized spacial score (nSPS) is 11.6. The number of hydrogen-bond donors (Lipinski definition) is 0. The summed E-state index contributed by atoms with van der Waals surface area (Å²) in [7, 11) is 0. The number of para-hydroxylation sites is 1. The van der Waals surface area contributed by atoms with Gasteiger partial charge in [0, 0.05) is 10.9 Å². The average molecular weight is 438 g/mol. The fraction of sp³-hybridized carbons (Fsp3) is 0.267. The van der Waals surface area contributed by atoms with Crippen LogP contribution in [-0.4, -0.2) is 11.0 Å². The Kier molecular flexibility index (Phi) is 6.07. The van der Waals surface area contributed by atoms with Gasteiger partial charge >= 0.3 is 5.97 Å². The number of nitrogens with zero attached hydrogens (tertiary/aromatic N) is 1. The third-order valence-electron chi connectivity index (χ3n) is 6.30. The summed E-state index contributed by atoms with van der Waals surface area (Å²) in [6.45, 7) is 13.0. The first kappa shape index (κ1) is 22.7. The summed E-state index contributed by atoms with van der Waals surface area (Å²) in [6, 6.07) is 22.1. The second-order valence-electron chi connectivity index (χ2n) is 9.76. The maximum Gasteiger partial charge on any atom is 0.339 e. The molecule has 0 unspecified atom stereocenters. The van der Waals surface area contributed by atoms with Crippen molar-refractivity contribution in [1.82, 2.24) is 4.98 Å². The zero-order valence-electron chi connectivity index (χ0n) is 20.3. The van der Waals surface area contributed by atoms with Crippen LogP contribution in [0.3, 0.4) is 0 Å². The predicted octanol–water partition coefficient (Wildman–Crippen LogP) is 7.48. The number of ether oxygens (including phenoxy) is 1. The fourth-order valence-corrected chi connectivity index (χ4v) is 4.31. The van der Waals surface area contributed by atoms with E-state index in [0.717, 1.165) is 44.4 Å². The van der Waals surface area contributed by atoms with Gasteiger partial charge < -0.3 is 4.74 Å². The van der Waals surface area contributed by atoms with Crippen LogP contribution in [0.1, 0.15) is 58.9 Å². The molecule has 0 saturated heterocycles. The molecule has 1 heterocycles. The number of esters is 1. The van der Waals surface area contributed by atoms with Crippen LogP contribution in [0.4, 0.5) is 0 Å². The van der Waals surface area contributed by atoms with Gasteiger partial charge in [0.25, 0.3) is 0 Å². The Morgan fingerprint density at radius 2 is 1.48 bits per heavy atom. The van der Waals surface area contributed by atoms with Crippen molar-refractivity contribution in [2.75, 3.05) is 0 Å². The lowest BCUT2D eigenvalue weighted by Gasteiger charge is -2.22. The Bertz CT molecular complexity index is 1310. The number of carbonyl (C=O) groups is 1. The standard InChI is InChI=1S/C30H31NO2/c1-19-16-23(30(4,5)6)17-20(2)25(19)18-33-29(32)27-21(3)28(22-12-8-7-9-13-22)31-26-15-11-10-14-24(26)27/h7-17H,18H2,1-6H3. The van der Waals surface area contributed by atoms with Gasteiger partial charge in [-0.3, -0.25) is 0 Å². The highest BCUT2D eigenvalue weighted by Gasteiger charge is 2.21. The largest absolute Gasteiger partial charge is 0.457 e. The van der Waals surface area contributed by atoms with Crippen LogP contribution in [0.15, 0.2) is 66.7 Å². The lowest BCUT2D eigenvalue weighted by Crippen LogP contribution is -2.14. The number of hydrogen-bond acceptors (Lipinski definition) is 3. The summed E-state index contributed by atoms with van der Waals surface area (Å²) in [6.07, 6.45) is 0. The number of fused-ring (bicyclic) bond motifs is 1. The lowest BCUT2D eigenvalue weighted by atomic mass is 9.84. The number of aromatic nitrogens is 1. The molecular formula is C30H31NO2. The Morgan fingerprint density at radius 1 is 0.879 bits per heavy atom. The van der Waals surface area contributed by atoms with Crippen molar-refractivity contribution >= 4 is 16.9 Å². The summed E-state index contributed by atoms with van der Waals surface area (Å²) >= 11 is 0. The van der Waals surface area contributed by atoms with E-state index in [1.54, 1.807) is 0 Å². The van der Waals surface area contributed by atoms with E-state index < -0.39 is 0 Å². The number of benzene rings is 3. The van der Waals surface area contributed by atoms with E-state index in [1.807, 2.05) is 61.5 Å². The second kappa shape index (κ2) is 8.82. The third kappa shape index (κ3) is 4.54. The van der Waals surface area contributed by atoms with Crippen LogP contribution in [0.5, 0.6) is 0 Å². The van der Waals surface area contributed by atoms with Gasteiger partial charge in [-0.15, -0.1) is 0 Å². The monoisotopic (exact) mass is 437 g/mol. The molecule has 0 radical (unpaired) electrons. The molecule has 0 amide bonds. The van der Waals surface area contributed by atoms with E-state index in [4.69, 9.17) is 9.72 Å². The van der Waals surface area contributed by atoms with E-state index in [1.165, 1.54) is 5.56 Å². The summed E-state index contributed by atoms with van der Waals surface area (Å²) in [5.74, 6) is -0.318. The molecule has 0 bridgehead atoms. The Balaban J connectivity index is 1.72. The van der Waals surface area contributed by atoms with Gasteiger partial charge in [-0.25, -0.2) is 9.78 Å². The molecule has 168 valence electrons. The summed E-state index contributed by atoms with van der Waals surface area (Å²) in [5, 5.41) is 0.816. The van der Waals surface area contributed by atoms with Gasteiger partial charge in [0.15, 0.2) is 0 Å². The second-order valence-corrected chi connectivity index (χ2v) is 9.76. The molecular weight excluding hydrogens is 406 g/mol. The fourth-order valence-electron chi connectivity index (χ4n) is 4.31. The molecule has 3 heteroatoms. The molecule has 0 N–H and O–H groups in total. The predicted molar refractivity (Wildman–Crippen MR) is 136 cm³/mol. The minimum atomic E-state index is -0.318. The smallest absolute Gasteiger partial charge is 0.339 e. The van der Waals surface area contributed by atoms with Crippen molar-refractivity contribution in [1.29, 1.82) is 0 Å². The maximum atomic E-state index is 13.4. The molecule has 3 aromatic carbocycles. The molecule has 33 heavy (non-hydrogen) atoms. The molecule has 0 spiro atoms. The van der Waals surface area contributed by atoms with E-state index in [-0.39, 0.29) is 18.0 Å². The summed E-state index contributed by atoms with van der Waals surface area (Å²) in [4.78, 5) is 18.3. The van der Waals surface area contributed by atoms with Gasteiger partial charge in [-0.05, 0) is 60.1 Å². The van der Waals surface area contributed by atoms with Gasteiger partial charge in [-0.1, -0.05) is 81.4 Å². The maximum absolute atomic E-state index is 13.4. The van der Waals surface area contributed by atoms with E-state index in [0.29, 0.717) is 5.56 Å². The molecule has 0 aliphatic heterocycles. The number of pyridine rings is 1. The highest BCUT2D eigenvalue weighted by Crippen LogP contribution is 2.31. The zero-order valence-corrected chi connectivity index (χ0v) is 20.3. The molecule has 0 atom stereocenters. The quantitative estimate of drug-likeness (QED) is 0.311. The van der Waals surface area contributed by atoms with Crippen LogP contribution < -0.4 is 0 Å². The van der Waals surface area contributed by atoms with Crippen molar-refractivity contribution in [2.24, 2.45) is 0 Å². The van der Waals surface area contributed by atoms with Gasteiger partial charge in [0.2, 0.25) is 0 Å². The molecule has 0 aliphatic carbocycles. The molecule has 0 aliphatic rings. The van der Waals surface area contributed by atoms with Crippen molar-refractivity contribution in [3.63, 3.8) is 0 Å². The van der Waals surface area contributed by atoms with Crippen molar-refractivity contribution in [2.45, 2.75) is 53.6 Å². The first-order chi connectivity index (χ1) is 15.7. The molecule has 3 nitrogen and oxygen atoms in total. The Hall–Kier alpha value is -3.46. The minimum absolute atomic E-state index is 0.0750. The van der Waals surface area contributed by atoms with Crippen LogP contribution in [0, 0.1) is 20.8 Å². The van der Waals surface area contributed by atoms with Crippen LogP contribution >= 0.6 is 0 Å². The van der Waals surface area contributed by atoms with Crippen LogP contribution in [-0.2, 0) is 16.8 Å². The minimum Gasteiger partial charge on any atom is -0.457 e. The van der Waals surface area contributed by atoms with Crippen LogP contribution in [0.2, 0.25) is 0 Å². The van der Waals surface area contributed by atoms with E-state index >= 15 is 0 Å². The van der Waals surface area contributed by atoms with Gasteiger partial charge in [0.05, 0.1) is 16.8 Å². The molecule has 4 aromatic rings. The summed E-state index contributed by atoms with van der Waals surface area (Å²) < 4.78 is 5.91. The van der Waals surface area contributed by atoms with E-state index in [2.05, 4.69) is 46.8 Å². The molecule has 4 rings (SSSR count). The highest BCUT2D eigenvalue weighted by atomic mass is 16.5. The van der Waals surface area contributed by atoms with Gasteiger partial charge in [-0.2, -0.15) is 0 Å². The third-order valence-corrected chi connectivity index (χ3v) is 6.30. The van der Waals surface area contributed by atoms with Crippen molar-refractivity contribution in [3.05, 3.63) is 100 Å². The Labute approximate surface area is 196 Å². The zero-order chi connectivity index (χ0) is 23.8. The number of carbonyl (C=O) groups excluding carboxylic acids is 1.